The molecule has 2 fully saturated rings. The van der Waals surface area contributed by atoms with Crippen molar-refractivity contribution < 1.29 is 52.6 Å². The predicted octanol–water partition coefficient (Wildman–Crippen LogP) is 4.23. The highest BCUT2D eigenvalue weighted by atomic mass is 28.4. The molecule has 47 heavy (non-hydrogen) atoms. The molecule has 0 radical (unpaired) electrons. The third-order valence-corrected chi connectivity index (χ3v) is 14.2. The Morgan fingerprint density at radius 2 is 1.68 bits per heavy atom. The molecule has 1 aromatic carbocycles. The first kappa shape index (κ1) is 38.9. The maximum atomic E-state index is 12.3. The molecule has 0 spiro atoms. The molecule has 4 unspecified atom stereocenters. The molecule has 14 nitrogen and oxygen atoms in total. The average Bonchev–Trinajstić information content (AvgIpc) is 3.00. The van der Waals surface area contributed by atoms with Crippen molar-refractivity contribution in [3.05, 3.63) is 46.3 Å². The molecule has 264 valence electrons. The van der Waals surface area contributed by atoms with Gasteiger partial charge >= 0.3 is 11.9 Å². The molecule has 1 aromatic rings. The molecule has 10 atom stereocenters. The van der Waals surface area contributed by atoms with Crippen molar-refractivity contribution >= 4 is 20.3 Å². The number of esters is 2. The van der Waals surface area contributed by atoms with Gasteiger partial charge in [-0.2, -0.15) is 0 Å². The summed E-state index contributed by atoms with van der Waals surface area (Å²) in [5, 5.41) is 25.1. The largest absolute Gasteiger partial charge is 0.463 e. The van der Waals surface area contributed by atoms with E-state index in [-0.39, 0.29) is 24.2 Å². The van der Waals surface area contributed by atoms with Gasteiger partial charge in [0, 0.05) is 18.8 Å². The van der Waals surface area contributed by atoms with Crippen LogP contribution in [0, 0.1) is 11.8 Å². The molecule has 2 saturated heterocycles. The van der Waals surface area contributed by atoms with Crippen LogP contribution in [0.3, 0.4) is 0 Å². The fraction of sp³-hybridized carbons (Fsp3) is 0.750. The Hall–Kier alpha value is -2.59. The molecule has 0 aliphatic carbocycles. The van der Waals surface area contributed by atoms with E-state index in [0.717, 1.165) is 5.56 Å². The number of carbonyl (C=O) groups is 2. The van der Waals surface area contributed by atoms with Crippen molar-refractivity contribution in [1.82, 2.24) is 0 Å². The molecule has 2 aliphatic rings. The standard InChI is InChI=1S/C32H51N3O11Si/c1-18(2)32(6,7)47(8,9)46-30-25(34-35-33)19(3)27(24(44-30)17-40-20(4)37)45-31-29(42-21(5)38)28(26(39)23(15-36)43-31)41-16-22-13-11-10-12-14-22/h10-14,18-19,23-31,36,39H,15-17H2,1-9H3/t19-,23?,24?,25?,26-,27+,28-,29?,30+,31+/m1/s1. The van der Waals surface area contributed by atoms with Crippen molar-refractivity contribution in [3.63, 3.8) is 0 Å². The number of hydrogen-bond donors (Lipinski definition) is 2. The van der Waals surface area contributed by atoms with Crippen LogP contribution in [-0.2, 0) is 49.0 Å². The van der Waals surface area contributed by atoms with Crippen molar-refractivity contribution in [2.24, 2.45) is 17.0 Å². The zero-order chi connectivity index (χ0) is 35.1. The number of azide groups is 1. The van der Waals surface area contributed by atoms with E-state index in [9.17, 15) is 25.3 Å². The van der Waals surface area contributed by atoms with E-state index < -0.39 is 88.0 Å². The van der Waals surface area contributed by atoms with Crippen molar-refractivity contribution in [2.45, 2.75) is 128 Å². The van der Waals surface area contributed by atoms with Gasteiger partial charge in [-0.3, -0.25) is 9.59 Å². The lowest BCUT2D eigenvalue weighted by Gasteiger charge is -2.51. The summed E-state index contributed by atoms with van der Waals surface area (Å²) in [6, 6.07) is 8.34. The number of rotatable bonds is 14. The molecule has 0 amide bonds. The fourth-order valence-electron chi connectivity index (χ4n) is 5.69. The highest BCUT2D eigenvalue weighted by Gasteiger charge is 2.54. The Morgan fingerprint density at radius 3 is 2.23 bits per heavy atom. The van der Waals surface area contributed by atoms with Crippen LogP contribution in [-0.4, -0.2) is 98.9 Å². The molecule has 0 aromatic heterocycles. The van der Waals surface area contributed by atoms with Crippen molar-refractivity contribution in [2.75, 3.05) is 13.2 Å². The monoisotopic (exact) mass is 681 g/mol. The summed E-state index contributed by atoms with van der Waals surface area (Å²) in [7, 11) is -2.53. The Kier molecular flexibility index (Phi) is 13.8. The highest BCUT2D eigenvalue weighted by molar-refractivity contribution is 6.74. The van der Waals surface area contributed by atoms with E-state index in [1.54, 1.807) is 6.92 Å². The first-order valence-electron chi connectivity index (χ1n) is 16.0. The molecule has 0 bridgehead atoms. The quantitative estimate of drug-likeness (QED) is 0.0940. The summed E-state index contributed by atoms with van der Waals surface area (Å²) < 4.78 is 42.6. The molecule has 2 N–H and O–H groups in total. The second-order valence-electron chi connectivity index (χ2n) is 13.6. The van der Waals surface area contributed by atoms with E-state index >= 15 is 0 Å². The Labute approximate surface area is 277 Å². The van der Waals surface area contributed by atoms with Gasteiger partial charge in [-0.25, -0.2) is 0 Å². The van der Waals surface area contributed by atoms with E-state index in [1.165, 1.54) is 13.8 Å². The van der Waals surface area contributed by atoms with Gasteiger partial charge in [-0.05, 0) is 41.1 Å². The lowest BCUT2D eigenvalue weighted by molar-refractivity contribution is -0.343. The van der Waals surface area contributed by atoms with Gasteiger partial charge in [0.25, 0.3) is 0 Å². The smallest absolute Gasteiger partial charge is 0.303 e. The SMILES string of the molecule is CC(=O)OCC1O[C@@H](O[Si](C)(C)C(C)(C)C(C)C)C(N=[N+]=[N-])[C@@H](C)[C@@H]1O[C@@H]1OC(CO)[C@@H](O)[C@@H](OCc2ccccc2)C1OC(C)=O. The maximum absolute atomic E-state index is 12.3. The minimum atomic E-state index is -2.53. The molecule has 0 saturated carbocycles. The van der Waals surface area contributed by atoms with E-state index in [1.807, 2.05) is 30.3 Å². The molecule has 3 rings (SSSR count). The molecule has 2 aliphatic heterocycles. The first-order chi connectivity index (χ1) is 22.0. The van der Waals surface area contributed by atoms with E-state index in [4.69, 9.17) is 32.8 Å². The van der Waals surface area contributed by atoms with Gasteiger partial charge in [0.2, 0.25) is 0 Å². The minimum absolute atomic E-state index is 0.0631. The lowest BCUT2D eigenvalue weighted by atomic mass is 9.89. The highest BCUT2D eigenvalue weighted by Crippen LogP contribution is 2.46. The predicted molar refractivity (Wildman–Crippen MR) is 172 cm³/mol. The topological polar surface area (TPSA) is 188 Å². The van der Waals surface area contributed by atoms with Crippen LogP contribution >= 0.6 is 0 Å². The number of ether oxygens (including phenoxy) is 6. The van der Waals surface area contributed by atoms with Gasteiger partial charge < -0.3 is 43.1 Å². The fourth-order valence-corrected chi connectivity index (χ4v) is 8.16. The van der Waals surface area contributed by atoms with Gasteiger partial charge in [-0.1, -0.05) is 70.1 Å². The molecular formula is C32H51N3O11Si. The summed E-state index contributed by atoms with van der Waals surface area (Å²) in [5.41, 5.74) is 10.4. The molecule has 15 heteroatoms. The summed E-state index contributed by atoms with van der Waals surface area (Å²) in [6.07, 6.45) is -9.21. The summed E-state index contributed by atoms with van der Waals surface area (Å²) in [6.45, 7) is 16.2. The number of aliphatic hydroxyl groups is 2. The van der Waals surface area contributed by atoms with Crippen LogP contribution in [0.1, 0.15) is 54.0 Å². The van der Waals surface area contributed by atoms with Crippen molar-refractivity contribution in [3.8, 4) is 0 Å². The van der Waals surface area contributed by atoms with Crippen LogP contribution in [0.4, 0.5) is 0 Å². The lowest BCUT2D eigenvalue weighted by Crippen LogP contribution is -2.64. The summed E-state index contributed by atoms with van der Waals surface area (Å²) >= 11 is 0. The van der Waals surface area contributed by atoms with E-state index in [2.05, 4.69) is 50.8 Å². The zero-order valence-electron chi connectivity index (χ0n) is 28.8. The Bertz CT molecular complexity index is 1230. The number of nitrogens with zero attached hydrogens (tertiary/aromatic N) is 3. The second-order valence-corrected chi connectivity index (χ2v) is 18.1. The zero-order valence-corrected chi connectivity index (χ0v) is 29.8. The van der Waals surface area contributed by atoms with Gasteiger partial charge in [0.15, 0.2) is 27.0 Å². The van der Waals surface area contributed by atoms with Gasteiger partial charge in [-0.15, -0.1) is 0 Å². The van der Waals surface area contributed by atoms with Crippen LogP contribution in [0.25, 0.3) is 10.4 Å². The number of hydrogen-bond acceptors (Lipinski definition) is 12. The minimum Gasteiger partial charge on any atom is -0.463 e. The normalized spacial score (nSPS) is 31.6. The number of benzene rings is 1. The summed E-state index contributed by atoms with van der Waals surface area (Å²) in [5.74, 6) is -1.54. The average molecular weight is 682 g/mol. The third kappa shape index (κ3) is 9.52. The van der Waals surface area contributed by atoms with Crippen LogP contribution in [0.5, 0.6) is 0 Å². The summed E-state index contributed by atoms with van der Waals surface area (Å²) in [4.78, 5) is 27.3. The maximum Gasteiger partial charge on any atom is 0.303 e. The first-order valence-corrected chi connectivity index (χ1v) is 18.9. The van der Waals surface area contributed by atoms with Crippen LogP contribution < -0.4 is 0 Å². The molecular weight excluding hydrogens is 630 g/mol. The van der Waals surface area contributed by atoms with Gasteiger partial charge in [0.05, 0.1) is 25.4 Å². The van der Waals surface area contributed by atoms with Crippen LogP contribution in [0.15, 0.2) is 35.4 Å². The Balaban J connectivity index is 1.98. The van der Waals surface area contributed by atoms with Crippen LogP contribution in [0.2, 0.25) is 18.1 Å². The number of carbonyl (C=O) groups excluding carboxylic acids is 2. The van der Waals surface area contributed by atoms with E-state index in [0.29, 0.717) is 0 Å². The second kappa shape index (κ2) is 16.7. The molecule has 2 heterocycles. The third-order valence-electron chi connectivity index (χ3n) is 9.73. The van der Waals surface area contributed by atoms with Crippen molar-refractivity contribution in [1.29, 1.82) is 0 Å². The Morgan fingerprint density at radius 1 is 1.04 bits per heavy atom. The number of aliphatic hydroxyl groups excluding tert-OH is 2. The van der Waals surface area contributed by atoms with Gasteiger partial charge in [0.1, 0.15) is 31.0 Å².